The lowest BCUT2D eigenvalue weighted by Gasteiger charge is -2.20. The van der Waals surface area contributed by atoms with Gasteiger partial charge in [0.05, 0.1) is 6.10 Å². The SMILES string of the molecule is CC[C@@H]1O[C@H](n2ccc(=O)[nH]c2=O)[C@@H](OC)[C@H]1O. The average molecular weight is 256 g/mol. The highest BCUT2D eigenvalue weighted by Crippen LogP contribution is 2.31. The van der Waals surface area contributed by atoms with Crippen LogP contribution in [0.3, 0.4) is 0 Å². The van der Waals surface area contributed by atoms with Crippen molar-refractivity contribution in [3.8, 4) is 0 Å². The van der Waals surface area contributed by atoms with Gasteiger partial charge in [-0.05, 0) is 6.42 Å². The van der Waals surface area contributed by atoms with Crippen molar-refractivity contribution in [2.45, 2.75) is 37.9 Å². The number of aromatic amines is 1. The zero-order chi connectivity index (χ0) is 13.3. The van der Waals surface area contributed by atoms with Crippen LogP contribution in [0, 0.1) is 0 Å². The fourth-order valence-corrected chi connectivity index (χ4v) is 2.16. The van der Waals surface area contributed by atoms with Crippen molar-refractivity contribution in [3.63, 3.8) is 0 Å². The highest BCUT2D eigenvalue weighted by atomic mass is 16.6. The van der Waals surface area contributed by atoms with Gasteiger partial charge in [-0.2, -0.15) is 0 Å². The highest BCUT2D eigenvalue weighted by molar-refractivity contribution is 4.93. The molecule has 18 heavy (non-hydrogen) atoms. The Balaban J connectivity index is 2.38. The zero-order valence-electron chi connectivity index (χ0n) is 10.2. The molecule has 7 heteroatoms. The predicted octanol–water partition coefficient (Wildman–Crippen LogP) is -0.780. The molecule has 1 aromatic rings. The summed E-state index contributed by atoms with van der Waals surface area (Å²) >= 11 is 0. The molecule has 1 aliphatic rings. The number of hydrogen-bond donors (Lipinski definition) is 2. The Morgan fingerprint density at radius 2 is 2.28 bits per heavy atom. The normalized spacial score (nSPS) is 31.7. The van der Waals surface area contributed by atoms with Gasteiger partial charge in [0.1, 0.15) is 12.2 Å². The van der Waals surface area contributed by atoms with Gasteiger partial charge in [0.15, 0.2) is 6.23 Å². The molecule has 2 N–H and O–H groups in total. The average Bonchev–Trinajstić information content (AvgIpc) is 2.65. The third-order valence-corrected chi connectivity index (χ3v) is 3.11. The van der Waals surface area contributed by atoms with Gasteiger partial charge in [0, 0.05) is 19.4 Å². The minimum atomic E-state index is -0.802. The second-order valence-electron chi connectivity index (χ2n) is 4.18. The van der Waals surface area contributed by atoms with Gasteiger partial charge in [-0.15, -0.1) is 0 Å². The first-order valence-electron chi connectivity index (χ1n) is 5.76. The second kappa shape index (κ2) is 5.05. The van der Waals surface area contributed by atoms with Crippen molar-refractivity contribution in [1.29, 1.82) is 0 Å². The summed E-state index contributed by atoms with van der Waals surface area (Å²) in [5, 5.41) is 9.99. The molecule has 4 atom stereocenters. The summed E-state index contributed by atoms with van der Waals surface area (Å²) in [6, 6.07) is 1.23. The van der Waals surface area contributed by atoms with Crippen molar-refractivity contribution >= 4 is 0 Å². The van der Waals surface area contributed by atoms with Crippen LogP contribution in [0.4, 0.5) is 0 Å². The molecule has 1 fully saturated rings. The van der Waals surface area contributed by atoms with Crippen molar-refractivity contribution in [2.24, 2.45) is 0 Å². The van der Waals surface area contributed by atoms with Crippen molar-refractivity contribution in [2.75, 3.05) is 7.11 Å². The first-order valence-corrected chi connectivity index (χ1v) is 5.76. The van der Waals surface area contributed by atoms with Crippen LogP contribution >= 0.6 is 0 Å². The van der Waals surface area contributed by atoms with Crippen molar-refractivity contribution in [3.05, 3.63) is 33.1 Å². The van der Waals surface area contributed by atoms with E-state index in [4.69, 9.17) is 9.47 Å². The van der Waals surface area contributed by atoms with Gasteiger partial charge < -0.3 is 14.6 Å². The lowest BCUT2D eigenvalue weighted by molar-refractivity contribution is -0.0542. The summed E-state index contributed by atoms with van der Waals surface area (Å²) in [7, 11) is 1.44. The number of aliphatic hydroxyl groups excluding tert-OH is 1. The van der Waals surface area contributed by atoms with E-state index in [1.54, 1.807) is 0 Å². The van der Waals surface area contributed by atoms with E-state index in [0.29, 0.717) is 6.42 Å². The Labute approximate surface area is 103 Å². The fourth-order valence-electron chi connectivity index (χ4n) is 2.16. The van der Waals surface area contributed by atoms with E-state index in [9.17, 15) is 14.7 Å². The number of ether oxygens (including phenoxy) is 2. The summed E-state index contributed by atoms with van der Waals surface area (Å²) in [6.07, 6.45) is -0.626. The van der Waals surface area contributed by atoms with E-state index in [0.717, 1.165) is 0 Å². The van der Waals surface area contributed by atoms with Crippen LogP contribution in [0.25, 0.3) is 0 Å². The molecule has 1 aliphatic heterocycles. The van der Waals surface area contributed by atoms with Crippen LogP contribution in [0.5, 0.6) is 0 Å². The van der Waals surface area contributed by atoms with Crippen LogP contribution in [-0.2, 0) is 9.47 Å². The molecular weight excluding hydrogens is 240 g/mol. The topological polar surface area (TPSA) is 93.6 Å². The van der Waals surface area contributed by atoms with E-state index in [-0.39, 0.29) is 0 Å². The van der Waals surface area contributed by atoms with Gasteiger partial charge in [-0.3, -0.25) is 14.3 Å². The Morgan fingerprint density at radius 3 is 2.83 bits per heavy atom. The molecule has 1 saturated heterocycles. The Hall–Kier alpha value is -1.44. The van der Waals surface area contributed by atoms with E-state index >= 15 is 0 Å². The molecule has 100 valence electrons. The molecule has 1 aromatic heterocycles. The highest BCUT2D eigenvalue weighted by Gasteiger charge is 2.44. The van der Waals surface area contributed by atoms with E-state index in [2.05, 4.69) is 4.98 Å². The van der Waals surface area contributed by atoms with Crippen LogP contribution < -0.4 is 11.2 Å². The molecule has 0 aliphatic carbocycles. The van der Waals surface area contributed by atoms with Gasteiger partial charge >= 0.3 is 5.69 Å². The Morgan fingerprint density at radius 1 is 1.56 bits per heavy atom. The van der Waals surface area contributed by atoms with Crippen molar-refractivity contribution in [1.82, 2.24) is 9.55 Å². The Kier molecular flexibility index (Phi) is 3.65. The molecule has 0 radical (unpaired) electrons. The van der Waals surface area contributed by atoms with E-state index in [1.165, 1.54) is 23.9 Å². The molecule has 0 bridgehead atoms. The first kappa shape index (κ1) is 13.0. The van der Waals surface area contributed by atoms with Crippen LogP contribution in [0.2, 0.25) is 0 Å². The maximum atomic E-state index is 11.7. The lowest BCUT2D eigenvalue weighted by atomic mass is 10.1. The first-order chi connectivity index (χ1) is 8.58. The third kappa shape index (κ3) is 2.12. The summed E-state index contributed by atoms with van der Waals surface area (Å²) < 4.78 is 12.0. The molecule has 0 unspecified atom stereocenters. The molecular formula is C11H16N2O5. The summed E-state index contributed by atoms with van der Waals surface area (Å²) in [4.78, 5) is 24.8. The van der Waals surface area contributed by atoms with E-state index < -0.39 is 35.8 Å². The number of H-pyrrole nitrogens is 1. The quantitative estimate of drug-likeness (QED) is 0.740. The van der Waals surface area contributed by atoms with E-state index in [1.807, 2.05) is 6.92 Å². The molecule has 0 aromatic carbocycles. The number of rotatable bonds is 3. The molecule has 0 amide bonds. The second-order valence-corrected chi connectivity index (χ2v) is 4.18. The minimum Gasteiger partial charge on any atom is -0.388 e. The van der Waals surface area contributed by atoms with Crippen LogP contribution in [0.15, 0.2) is 21.9 Å². The predicted molar refractivity (Wildman–Crippen MR) is 62.3 cm³/mol. The number of nitrogens with one attached hydrogen (secondary N) is 1. The van der Waals surface area contributed by atoms with Gasteiger partial charge in [-0.25, -0.2) is 4.79 Å². The van der Waals surface area contributed by atoms with Gasteiger partial charge in [0.2, 0.25) is 0 Å². The number of aromatic nitrogens is 2. The molecule has 0 saturated carbocycles. The number of hydrogen-bond acceptors (Lipinski definition) is 5. The third-order valence-electron chi connectivity index (χ3n) is 3.11. The molecule has 0 spiro atoms. The van der Waals surface area contributed by atoms with Gasteiger partial charge in [-0.1, -0.05) is 6.92 Å². The fraction of sp³-hybridized carbons (Fsp3) is 0.636. The number of methoxy groups -OCH3 is 1. The summed E-state index contributed by atoms with van der Waals surface area (Å²) in [5.74, 6) is 0. The molecule has 7 nitrogen and oxygen atoms in total. The zero-order valence-corrected chi connectivity index (χ0v) is 10.2. The Bertz CT molecular complexity index is 523. The molecule has 2 rings (SSSR count). The molecule has 2 heterocycles. The van der Waals surface area contributed by atoms with Gasteiger partial charge in [0.25, 0.3) is 5.56 Å². The maximum Gasteiger partial charge on any atom is 0.330 e. The lowest BCUT2D eigenvalue weighted by Crippen LogP contribution is -2.38. The largest absolute Gasteiger partial charge is 0.388 e. The minimum absolute atomic E-state index is 0.390. The standard InChI is InChI=1S/C11H16N2O5/c1-3-6-8(15)9(17-2)10(18-6)13-5-4-7(14)12-11(13)16/h4-6,8-10,15H,3H2,1-2H3,(H,12,14,16)/t6-,8-,9-,10-/m0/s1. The van der Waals surface area contributed by atoms with Crippen LogP contribution in [0.1, 0.15) is 19.6 Å². The number of nitrogens with zero attached hydrogens (tertiary/aromatic N) is 1. The van der Waals surface area contributed by atoms with Crippen molar-refractivity contribution < 1.29 is 14.6 Å². The smallest absolute Gasteiger partial charge is 0.330 e. The summed E-state index contributed by atoms with van der Waals surface area (Å²) in [5.41, 5.74) is -1.06. The number of aliphatic hydroxyl groups is 1. The summed E-state index contributed by atoms with van der Waals surface area (Å²) in [6.45, 7) is 1.87. The van der Waals surface area contributed by atoms with Crippen LogP contribution in [-0.4, -0.2) is 40.1 Å². The maximum absolute atomic E-state index is 11.7. The monoisotopic (exact) mass is 256 g/mol.